The minimum Gasteiger partial charge on any atom is -0.493 e. The van der Waals surface area contributed by atoms with Crippen LogP contribution in [0.1, 0.15) is 38.1 Å². The van der Waals surface area contributed by atoms with Gasteiger partial charge in [0, 0.05) is 11.8 Å². The number of benzene rings is 1. The molecular weight excluding hydrogens is 270 g/mol. The zero-order chi connectivity index (χ0) is 15.2. The lowest BCUT2D eigenvalue weighted by Gasteiger charge is -2.29. The fraction of sp³-hybridized carbons (Fsp3) is 0.562. The summed E-state index contributed by atoms with van der Waals surface area (Å²) in [5.41, 5.74) is 0.759. The van der Waals surface area contributed by atoms with E-state index in [4.69, 9.17) is 4.74 Å². The van der Waals surface area contributed by atoms with Gasteiger partial charge in [-0.25, -0.2) is 0 Å². The molecule has 0 aromatic heterocycles. The van der Waals surface area contributed by atoms with Crippen LogP contribution in [0.3, 0.4) is 0 Å². The summed E-state index contributed by atoms with van der Waals surface area (Å²) in [6.07, 6.45) is 2.08. The quantitative estimate of drug-likeness (QED) is 0.871. The Labute approximate surface area is 126 Å². The Kier molecular flexibility index (Phi) is 6.40. The van der Waals surface area contributed by atoms with Crippen molar-refractivity contribution in [1.82, 2.24) is 5.32 Å². The van der Waals surface area contributed by atoms with Crippen molar-refractivity contribution in [2.75, 3.05) is 19.4 Å². The van der Waals surface area contributed by atoms with E-state index in [1.165, 1.54) is 0 Å². The van der Waals surface area contributed by atoms with Crippen molar-refractivity contribution < 1.29 is 9.53 Å². The van der Waals surface area contributed by atoms with Crippen LogP contribution in [-0.2, 0) is 0 Å². The van der Waals surface area contributed by atoms with Gasteiger partial charge in [0.25, 0.3) is 5.91 Å². The van der Waals surface area contributed by atoms with Crippen LogP contribution in [0.15, 0.2) is 24.3 Å². The number of para-hydroxylation sites is 1. The summed E-state index contributed by atoms with van der Waals surface area (Å²) >= 11 is 1.78. The number of carbonyl (C=O) groups is 1. The van der Waals surface area contributed by atoms with E-state index in [1.807, 2.05) is 25.1 Å². The first kappa shape index (κ1) is 16.9. The summed E-state index contributed by atoms with van der Waals surface area (Å²) in [6, 6.07) is 7.36. The van der Waals surface area contributed by atoms with Gasteiger partial charge in [0.1, 0.15) is 5.75 Å². The van der Waals surface area contributed by atoms with Gasteiger partial charge in [-0.3, -0.25) is 4.79 Å². The first-order chi connectivity index (χ1) is 9.40. The number of hydrogen-bond donors (Lipinski definition) is 1. The number of carbonyl (C=O) groups excluding carboxylic acids is 1. The van der Waals surface area contributed by atoms with Gasteiger partial charge in [0.2, 0.25) is 0 Å². The van der Waals surface area contributed by atoms with E-state index >= 15 is 0 Å². The first-order valence-corrected chi connectivity index (χ1v) is 8.21. The second-order valence-corrected chi connectivity index (χ2v) is 6.77. The van der Waals surface area contributed by atoms with E-state index in [9.17, 15) is 4.79 Å². The Balaban J connectivity index is 2.72. The van der Waals surface area contributed by atoms with E-state index in [2.05, 4.69) is 32.3 Å². The summed E-state index contributed by atoms with van der Waals surface area (Å²) < 4.78 is 5.49. The fourth-order valence-corrected chi connectivity index (χ4v) is 2.92. The zero-order valence-electron chi connectivity index (χ0n) is 13.0. The topological polar surface area (TPSA) is 38.3 Å². The fourth-order valence-electron chi connectivity index (χ4n) is 1.96. The van der Waals surface area contributed by atoms with Gasteiger partial charge in [0.05, 0.1) is 12.2 Å². The summed E-state index contributed by atoms with van der Waals surface area (Å²) in [5.74, 6) is 0.571. The molecule has 20 heavy (non-hydrogen) atoms. The van der Waals surface area contributed by atoms with Crippen molar-refractivity contribution >= 4 is 17.7 Å². The molecule has 0 aliphatic rings. The summed E-state index contributed by atoms with van der Waals surface area (Å²) in [6.45, 7) is 9.69. The van der Waals surface area contributed by atoms with Crippen LogP contribution < -0.4 is 10.1 Å². The van der Waals surface area contributed by atoms with Gasteiger partial charge in [0.15, 0.2) is 0 Å². The van der Waals surface area contributed by atoms with Gasteiger partial charge in [-0.2, -0.15) is 11.8 Å². The molecule has 1 amide bonds. The molecule has 0 radical (unpaired) electrons. The molecule has 1 atom stereocenters. The molecule has 3 nitrogen and oxygen atoms in total. The van der Waals surface area contributed by atoms with Gasteiger partial charge in [-0.05, 0) is 30.7 Å². The summed E-state index contributed by atoms with van der Waals surface area (Å²) in [5, 5.41) is 3.40. The normalized spacial score (nSPS) is 12.8. The van der Waals surface area contributed by atoms with Crippen LogP contribution in [0.25, 0.3) is 0 Å². The molecule has 1 rings (SSSR count). The second-order valence-electron chi connectivity index (χ2n) is 5.73. The molecule has 0 spiro atoms. The maximum Gasteiger partial charge on any atom is 0.255 e. The van der Waals surface area contributed by atoms with Crippen molar-refractivity contribution in [2.45, 2.75) is 32.9 Å². The average Bonchev–Trinajstić information content (AvgIpc) is 2.38. The van der Waals surface area contributed by atoms with Crippen LogP contribution in [0.2, 0.25) is 0 Å². The molecule has 0 bridgehead atoms. The van der Waals surface area contributed by atoms with E-state index in [0.29, 0.717) is 29.7 Å². The minimum absolute atomic E-state index is 0.0719. The van der Waals surface area contributed by atoms with Crippen LogP contribution in [0.5, 0.6) is 5.75 Å². The van der Waals surface area contributed by atoms with E-state index in [-0.39, 0.29) is 11.3 Å². The van der Waals surface area contributed by atoms with Crippen LogP contribution in [0, 0.1) is 5.41 Å². The standard InChI is InChI=1S/C16H25NO2S/c1-6-19-13-10-8-7-9-12(13)15(18)17-11-14(20-5)16(2,3)4/h7-10,14H,6,11H2,1-5H3,(H,17,18)/t14-/m1/s1. The average molecular weight is 295 g/mol. The predicted molar refractivity (Wildman–Crippen MR) is 86.7 cm³/mol. The third kappa shape index (κ3) is 4.75. The van der Waals surface area contributed by atoms with Crippen LogP contribution >= 0.6 is 11.8 Å². The van der Waals surface area contributed by atoms with E-state index < -0.39 is 0 Å². The minimum atomic E-state index is -0.0719. The molecule has 0 saturated heterocycles. The molecule has 0 unspecified atom stereocenters. The monoisotopic (exact) mass is 295 g/mol. The third-order valence-corrected chi connectivity index (χ3v) is 4.57. The number of amides is 1. The smallest absolute Gasteiger partial charge is 0.255 e. The Morgan fingerprint density at radius 3 is 2.55 bits per heavy atom. The molecule has 0 saturated carbocycles. The van der Waals surface area contributed by atoms with Crippen molar-refractivity contribution in [1.29, 1.82) is 0 Å². The van der Waals surface area contributed by atoms with E-state index in [1.54, 1.807) is 17.8 Å². The van der Waals surface area contributed by atoms with Crippen molar-refractivity contribution in [3.8, 4) is 5.75 Å². The number of hydrogen-bond acceptors (Lipinski definition) is 3. The Morgan fingerprint density at radius 1 is 1.35 bits per heavy atom. The van der Waals surface area contributed by atoms with Gasteiger partial charge in [-0.1, -0.05) is 32.9 Å². The summed E-state index contributed by atoms with van der Waals surface area (Å²) in [4.78, 5) is 12.3. The highest BCUT2D eigenvalue weighted by Gasteiger charge is 2.24. The molecule has 112 valence electrons. The lowest BCUT2D eigenvalue weighted by Crippen LogP contribution is -2.37. The Hall–Kier alpha value is -1.16. The van der Waals surface area contributed by atoms with Gasteiger partial charge >= 0.3 is 0 Å². The van der Waals surface area contributed by atoms with Crippen LogP contribution in [-0.4, -0.2) is 30.6 Å². The van der Waals surface area contributed by atoms with Crippen molar-refractivity contribution in [3.63, 3.8) is 0 Å². The lowest BCUT2D eigenvalue weighted by atomic mass is 9.91. The first-order valence-electron chi connectivity index (χ1n) is 6.93. The highest BCUT2D eigenvalue weighted by atomic mass is 32.2. The number of thioether (sulfide) groups is 1. The second kappa shape index (κ2) is 7.58. The number of nitrogens with one attached hydrogen (secondary N) is 1. The predicted octanol–water partition coefficient (Wildman–Crippen LogP) is 3.59. The molecule has 4 heteroatoms. The van der Waals surface area contributed by atoms with E-state index in [0.717, 1.165) is 0 Å². The lowest BCUT2D eigenvalue weighted by molar-refractivity contribution is 0.0947. The maximum absolute atomic E-state index is 12.3. The molecular formula is C16H25NO2S. The van der Waals surface area contributed by atoms with Crippen molar-refractivity contribution in [3.05, 3.63) is 29.8 Å². The number of rotatable bonds is 6. The molecule has 1 N–H and O–H groups in total. The third-order valence-electron chi connectivity index (χ3n) is 3.13. The molecule has 1 aromatic carbocycles. The Bertz CT molecular complexity index is 440. The molecule has 0 aliphatic carbocycles. The largest absolute Gasteiger partial charge is 0.493 e. The summed E-state index contributed by atoms with van der Waals surface area (Å²) in [7, 11) is 0. The van der Waals surface area contributed by atoms with Gasteiger partial charge < -0.3 is 10.1 Å². The maximum atomic E-state index is 12.3. The molecule has 0 fully saturated rings. The SMILES string of the molecule is CCOc1ccccc1C(=O)NC[C@@H](SC)C(C)(C)C. The molecule has 1 aromatic rings. The van der Waals surface area contributed by atoms with Gasteiger partial charge in [-0.15, -0.1) is 0 Å². The Morgan fingerprint density at radius 2 is 2.00 bits per heavy atom. The highest BCUT2D eigenvalue weighted by molar-refractivity contribution is 7.99. The van der Waals surface area contributed by atoms with Crippen molar-refractivity contribution in [2.24, 2.45) is 5.41 Å². The zero-order valence-corrected chi connectivity index (χ0v) is 13.8. The molecule has 0 heterocycles. The molecule has 0 aliphatic heterocycles. The number of ether oxygens (including phenoxy) is 1. The van der Waals surface area contributed by atoms with Crippen LogP contribution in [0.4, 0.5) is 0 Å². The highest BCUT2D eigenvalue weighted by Crippen LogP contribution is 2.28.